The van der Waals surface area contributed by atoms with Crippen molar-refractivity contribution in [2.24, 2.45) is 0 Å². The monoisotopic (exact) mass is 443 g/mol. The van der Waals surface area contributed by atoms with Gasteiger partial charge in [-0.2, -0.15) is 0 Å². The van der Waals surface area contributed by atoms with Gasteiger partial charge in [-0.15, -0.1) is 32.9 Å². The summed E-state index contributed by atoms with van der Waals surface area (Å²) in [6.45, 7) is 4.06. The molecule has 29 heavy (non-hydrogen) atoms. The van der Waals surface area contributed by atoms with E-state index in [9.17, 15) is 4.79 Å². The predicted molar refractivity (Wildman–Crippen MR) is 114 cm³/mol. The average molecular weight is 444 g/mol. The Morgan fingerprint density at radius 1 is 1.34 bits per heavy atom. The van der Waals surface area contributed by atoms with Crippen LogP contribution in [-0.4, -0.2) is 37.3 Å². The number of hydrogen-bond donors (Lipinski definition) is 0. The van der Waals surface area contributed by atoms with Crippen LogP contribution in [0.2, 0.25) is 0 Å². The molecule has 4 heterocycles. The Morgan fingerprint density at radius 3 is 2.93 bits per heavy atom. The molecule has 0 bridgehead atoms. The van der Waals surface area contributed by atoms with E-state index >= 15 is 0 Å². The second-order valence-corrected chi connectivity index (χ2v) is 9.53. The van der Waals surface area contributed by atoms with Crippen molar-refractivity contribution in [3.63, 3.8) is 0 Å². The molecule has 0 amide bonds. The summed E-state index contributed by atoms with van der Waals surface area (Å²) in [7, 11) is 0. The highest BCUT2D eigenvalue weighted by atomic mass is 32.2. The van der Waals surface area contributed by atoms with Gasteiger partial charge >= 0.3 is 5.97 Å². The molecule has 7 nitrogen and oxygen atoms in total. The van der Waals surface area contributed by atoms with Crippen molar-refractivity contribution < 1.29 is 9.53 Å². The summed E-state index contributed by atoms with van der Waals surface area (Å²) in [5, 5.41) is 13.5. The van der Waals surface area contributed by atoms with Crippen LogP contribution in [0.4, 0.5) is 0 Å². The molecule has 0 unspecified atom stereocenters. The molecule has 1 aliphatic rings. The maximum Gasteiger partial charge on any atom is 0.348 e. The molecule has 0 aliphatic heterocycles. The molecule has 1 fully saturated rings. The molecule has 0 radical (unpaired) electrons. The summed E-state index contributed by atoms with van der Waals surface area (Å²) < 4.78 is 7.41. The number of fused-ring (bicyclic) bond motifs is 1. The highest BCUT2D eigenvalue weighted by Gasteiger charge is 2.31. The predicted octanol–water partition coefficient (Wildman–Crippen LogP) is 4.98. The van der Waals surface area contributed by atoms with Crippen molar-refractivity contribution in [2.45, 2.75) is 42.9 Å². The minimum Gasteiger partial charge on any atom is -0.462 e. The van der Waals surface area contributed by atoms with Crippen LogP contribution < -0.4 is 0 Å². The molecule has 0 atom stereocenters. The van der Waals surface area contributed by atoms with Gasteiger partial charge in [-0.1, -0.05) is 6.07 Å². The van der Waals surface area contributed by atoms with E-state index in [1.807, 2.05) is 18.4 Å². The topological polar surface area (TPSA) is 82.8 Å². The van der Waals surface area contributed by atoms with Crippen LogP contribution in [0.15, 0.2) is 34.0 Å². The van der Waals surface area contributed by atoms with E-state index in [4.69, 9.17) is 4.74 Å². The zero-order chi connectivity index (χ0) is 20.0. The quantitative estimate of drug-likeness (QED) is 0.307. The lowest BCUT2D eigenvalue weighted by atomic mass is 10.2. The zero-order valence-corrected chi connectivity index (χ0v) is 18.2. The van der Waals surface area contributed by atoms with Crippen LogP contribution in [0.3, 0.4) is 0 Å². The maximum absolute atomic E-state index is 12.3. The van der Waals surface area contributed by atoms with E-state index in [2.05, 4.69) is 30.8 Å². The van der Waals surface area contributed by atoms with Gasteiger partial charge < -0.3 is 4.74 Å². The number of nitrogens with zero attached hydrogens (tertiary/aromatic N) is 5. The van der Waals surface area contributed by atoms with Gasteiger partial charge in [0.25, 0.3) is 0 Å². The number of carbonyl (C=O) groups excluding carboxylic acids is 1. The SMILES string of the molecule is CCOC(=O)c1sc2ncnc(Sc3nnc(-c4cccs4)n3C3CC3)c2c1C. The van der Waals surface area contributed by atoms with Crippen LogP contribution in [0.1, 0.15) is 41.0 Å². The standard InChI is InChI=1S/C19H17N5O2S3/c1-3-26-18(25)14-10(2)13-16(28-14)20-9-21-17(13)29-19-23-22-15(12-5-4-8-27-12)24(19)11-6-7-11/h4-5,8-9,11H,3,6-7H2,1-2H3. The fourth-order valence-corrected chi connectivity index (χ4v) is 6.03. The van der Waals surface area contributed by atoms with Crippen molar-refractivity contribution >= 4 is 50.6 Å². The van der Waals surface area contributed by atoms with Gasteiger partial charge in [-0.05, 0) is 55.5 Å². The third-order valence-electron chi connectivity index (χ3n) is 4.66. The van der Waals surface area contributed by atoms with Gasteiger partial charge in [0.15, 0.2) is 11.0 Å². The van der Waals surface area contributed by atoms with Gasteiger partial charge in [-0.25, -0.2) is 14.8 Å². The molecule has 10 heteroatoms. The number of rotatable bonds is 6. The normalized spacial score (nSPS) is 13.9. The molecular weight excluding hydrogens is 426 g/mol. The lowest BCUT2D eigenvalue weighted by Crippen LogP contribution is -2.03. The number of thiophene rings is 2. The van der Waals surface area contributed by atoms with Crippen molar-refractivity contribution in [1.29, 1.82) is 0 Å². The minimum absolute atomic E-state index is 0.315. The Hall–Kier alpha value is -2.30. The molecule has 1 aliphatic carbocycles. The van der Waals surface area contributed by atoms with E-state index < -0.39 is 0 Å². The smallest absolute Gasteiger partial charge is 0.348 e. The highest BCUT2D eigenvalue weighted by Crippen LogP contribution is 2.44. The Labute approximate surface area is 179 Å². The Balaban J connectivity index is 1.57. The second-order valence-electron chi connectivity index (χ2n) is 6.62. The summed E-state index contributed by atoms with van der Waals surface area (Å²) in [5.74, 6) is 0.592. The molecular formula is C19H17N5O2S3. The van der Waals surface area contributed by atoms with Crippen LogP contribution >= 0.6 is 34.4 Å². The Morgan fingerprint density at radius 2 is 2.21 bits per heavy atom. The van der Waals surface area contributed by atoms with Crippen molar-refractivity contribution in [2.75, 3.05) is 6.61 Å². The van der Waals surface area contributed by atoms with Crippen molar-refractivity contribution in [1.82, 2.24) is 24.7 Å². The van der Waals surface area contributed by atoms with Gasteiger partial charge in [0, 0.05) is 11.4 Å². The maximum atomic E-state index is 12.3. The summed E-state index contributed by atoms with van der Waals surface area (Å²) in [5.41, 5.74) is 0.850. The summed E-state index contributed by atoms with van der Waals surface area (Å²) in [6.07, 6.45) is 3.80. The first-order valence-electron chi connectivity index (χ1n) is 9.25. The van der Waals surface area contributed by atoms with Gasteiger partial charge in [0.05, 0.1) is 11.5 Å². The molecule has 4 aromatic rings. The second kappa shape index (κ2) is 7.51. The molecule has 1 saturated carbocycles. The van der Waals surface area contributed by atoms with Gasteiger partial charge in [0.2, 0.25) is 0 Å². The van der Waals surface area contributed by atoms with Crippen LogP contribution in [0, 0.1) is 6.92 Å². The number of aryl methyl sites for hydroxylation is 1. The lowest BCUT2D eigenvalue weighted by molar-refractivity contribution is 0.0531. The average Bonchev–Trinajstić information content (AvgIpc) is 3.12. The molecule has 148 valence electrons. The van der Waals surface area contributed by atoms with Crippen LogP contribution in [-0.2, 0) is 4.74 Å². The fraction of sp³-hybridized carbons (Fsp3) is 0.316. The third kappa shape index (κ3) is 3.34. The first-order chi connectivity index (χ1) is 14.2. The molecule has 0 saturated heterocycles. The molecule has 0 N–H and O–H groups in total. The fourth-order valence-electron chi connectivity index (χ4n) is 3.18. The third-order valence-corrected chi connectivity index (χ3v) is 7.67. The number of esters is 1. The van der Waals surface area contributed by atoms with Crippen LogP contribution in [0.25, 0.3) is 20.9 Å². The minimum atomic E-state index is -0.315. The summed E-state index contributed by atoms with van der Waals surface area (Å²) in [6, 6.07) is 4.53. The number of hydrogen-bond acceptors (Lipinski definition) is 9. The van der Waals surface area contributed by atoms with Crippen LogP contribution in [0.5, 0.6) is 0 Å². The first kappa shape index (κ1) is 18.7. The van der Waals surface area contributed by atoms with E-state index in [0.717, 1.165) is 49.5 Å². The largest absolute Gasteiger partial charge is 0.462 e. The molecule has 4 aromatic heterocycles. The van der Waals surface area contributed by atoms with E-state index in [1.165, 1.54) is 29.4 Å². The van der Waals surface area contributed by atoms with Gasteiger partial charge in [-0.3, -0.25) is 4.57 Å². The molecule has 0 aromatic carbocycles. The number of carbonyl (C=O) groups is 1. The zero-order valence-electron chi connectivity index (χ0n) is 15.8. The Bertz CT molecular complexity index is 1190. The van der Waals surface area contributed by atoms with Gasteiger partial charge in [0.1, 0.15) is 21.1 Å². The summed E-state index contributed by atoms with van der Waals surface area (Å²) >= 11 is 4.49. The van der Waals surface area contributed by atoms with E-state index in [1.54, 1.807) is 18.3 Å². The Kier molecular flexibility index (Phi) is 4.84. The van der Waals surface area contributed by atoms with E-state index in [-0.39, 0.29) is 5.97 Å². The van der Waals surface area contributed by atoms with Crippen molar-refractivity contribution in [3.05, 3.63) is 34.3 Å². The first-order valence-corrected chi connectivity index (χ1v) is 11.8. The number of ether oxygens (including phenoxy) is 1. The van der Waals surface area contributed by atoms with Crippen molar-refractivity contribution in [3.8, 4) is 10.7 Å². The highest BCUT2D eigenvalue weighted by molar-refractivity contribution is 7.99. The summed E-state index contributed by atoms with van der Waals surface area (Å²) in [4.78, 5) is 23.6. The molecule has 5 rings (SSSR count). The molecule has 0 spiro atoms. The number of aromatic nitrogens is 5. The van der Waals surface area contributed by atoms with E-state index in [0.29, 0.717) is 17.5 Å². The lowest BCUT2D eigenvalue weighted by Gasteiger charge is -2.08.